The van der Waals surface area contributed by atoms with E-state index in [0.717, 1.165) is 16.6 Å². The van der Waals surface area contributed by atoms with Gasteiger partial charge in [0.25, 0.3) is 5.91 Å². The minimum absolute atomic E-state index is 0.0771. The van der Waals surface area contributed by atoms with Crippen LogP contribution in [0.1, 0.15) is 22.8 Å². The molecule has 0 radical (unpaired) electrons. The van der Waals surface area contributed by atoms with E-state index in [-0.39, 0.29) is 5.91 Å². The molecule has 1 aromatic carbocycles. The minimum atomic E-state index is -0.0771. The first-order chi connectivity index (χ1) is 8.69. The van der Waals surface area contributed by atoms with Crippen molar-refractivity contribution in [1.82, 2.24) is 15.1 Å². The van der Waals surface area contributed by atoms with Gasteiger partial charge in [-0.05, 0) is 31.2 Å². The van der Waals surface area contributed by atoms with E-state index >= 15 is 0 Å². The van der Waals surface area contributed by atoms with Crippen LogP contribution < -0.4 is 5.32 Å². The molecule has 2 aromatic rings. The van der Waals surface area contributed by atoms with E-state index in [9.17, 15) is 4.79 Å². The lowest BCUT2D eigenvalue weighted by molar-refractivity contribution is 0.0951. The monoisotopic (exact) mass is 307 g/mol. The molecule has 1 N–H and O–H groups in total. The topological polar surface area (TPSA) is 46.9 Å². The summed E-state index contributed by atoms with van der Waals surface area (Å²) in [5.41, 5.74) is 1.66. The normalized spacial score (nSPS) is 10.3. The number of aromatic nitrogens is 2. The summed E-state index contributed by atoms with van der Waals surface area (Å²) in [4.78, 5) is 11.9. The molecule has 0 fully saturated rings. The predicted molar refractivity (Wildman–Crippen MR) is 73.2 cm³/mol. The van der Waals surface area contributed by atoms with Crippen molar-refractivity contribution < 1.29 is 4.79 Å². The standard InChI is InChI=1S/C13H14BrN3O/c1-2-17-9-10(8-16-17)7-15-13(18)11-3-5-12(14)6-4-11/h3-6,8-9H,2,7H2,1H3,(H,15,18). The van der Waals surface area contributed by atoms with E-state index in [4.69, 9.17) is 0 Å². The van der Waals surface area contributed by atoms with E-state index in [1.165, 1.54) is 0 Å². The van der Waals surface area contributed by atoms with Crippen LogP contribution in [-0.4, -0.2) is 15.7 Å². The highest BCUT2D eigenvalue weighted by Crippen LogP contribution is 2.10. The Hall–Kier alpha value is -1.62. The predicted octanol–water partition coefficient (Wildman–Crippen LogP) is 2.60. The summed E-state index contributed by atoms with van der Waals surface area (Å²) in [7, 11) is 0. The summed E-state index contributed by atoms with van der Waals surface area (Å²) in [5.74, 6) is -0.0771. The highest BCUT2D eigenvalue weighted by molar-refractivity contribution is 9.10. The van der Waals surface area contributed by atoms with Crippen molar-refractivity contribution in [3.05, 3.63) is 52.3 Å². The van der Waals surface area contributed by atoms with E-state index in [2.05, 4.69) is 26.3 Å². The Balaban J connectivity index is 1.93. The quantitative estimate of drug-likeness (QED) is 0.944. The molecule has 0 spiro atoms. The second-order valence-electron chi connectivity index (χ2n) is 3.89. The number of halogens is 1. The van der Waals surface area contributed by atoms with Crippen LogP contribution in [0.4, 0.5) is 0 Å². The average Bonchev–Trinajstić information content (AvgIpc) is 2.85. The lowest BCUT2D eigenvalue weighted by Gasteiger charge is -2.03. The molecule has 94 valence electrons. The average molecular weight is 308 g/mol. The maximum absolute atomic E-state index is 11.9. The van der Waals surface area contributed by atoms with Gasteiger partial charge < -0.3 is 5.32 Å². The Labute approximate surface area is 114 Å². The summed E-state index contributed by atoms with van der Waals surface area (Å²) in [5, 5.41) is 7.02. The van der Waals surface area contributed by atoms with Gasteiger partial charge in [0, 0.05) is 34.9 Å². The maximum atomic E-state index is 11.9. The number of rotatable bonds is 4. The Morgan fingerprint density at radius 1 is 1.39 bits per heavy atom. The van der Waals surface area contributed by atoms with Crippen molar-refractivity contribution >= 4 is 21.8 Å². The van der Waals surface area contributed by atoms with Gasteiger partial charge in [-0.15, -0.1) is 0 Å². The third kappa shape index (κ3) is 3.20. The fraction of sp³-hybridized carbons (Fsp3) is 0.231. The zero-order valence-corrected chi connectivity index (χ0v) is 11.6. The molecule has 0 bridgehead atoms. The van der Waals surface area contributed by atoms with Gasteiger partial charge in [-0.3, -0.25) is 9.48 Å². The lowest BCUT2D eigenvalue weighted by atomic mass is 10.2. The lowest BCUT2D eigenvalue weighted by Crippen LogP contribution is -2.22. The van der Waals surface area contributed by atoms with Gasteiger partial charge in [0.15, 0.2) is 0 Å². The first-order valence-corrected chi connectivity index (χ1v) is 6.53. The van der Waals surface area contributed by atoms with Gasteiger partial charge >= 0.3 is 0 Å². The summed E-state index contributed by atoms with van der Waals surface area (Å²) in [6.45, 7) is 3.35. The summed E-state index contributed by atoms with van der Waals surface area (Å²) >= 11 is 3.34. The maximum Gasteiger partial charge on any atom is 0.251 e. The number of hydrogen-bond acceptors (Lipinski definition) is 2. The molecule has 4 nitrogen and oxygen atoms in total. The van der Waals surface area contributed by atoms with Crippen molar-refractivity contribution in [3.63, 3.8) is 0 Å². The van der Waals surface area contributed by atoms with Gasteiger partial charge in [-0.2, -0.15) is 5.10 Å². The van der Waals surface area contributed by atoms with Crippen LogP contribution >= 0.6 is 15.9 Å². The van der Waals surface area contributed by atoms with Gasteiger partial charge in [0.2, 0.25) is 0 Å². The smallest absolute Gasteiger partial charge is 0.251 e. The number of nitrogens with zero attached hydrogens (tertiary/aromatic N) is 2. The van der Waals surface area contributed by atoms with E-state index in [1.54, 1.807) is 18.3 Å². The number of carbonyl (C=O) groups is 1. The highest BCUT2D eigenvalue weighted by atomic mass is 79.9. The summed E-state index contributed by atoms with van der Waals surface area (Å²) < 4.78 is 2.80. The van der Waals surface area contributed by atoms with Crippen LogP contribution in [-0.2, 0) is 13.1 Å². The molecule has 0 aliphatic rings. The Bertz CT molecular complexity index is 533. The van der Waals surface area contributed by atoms with Gasteiger partial charge in [-0.1, -0.05) is 15.9 Å². The SMILES string of the molecule is CCn1cc(CNC(=O)c2ccc(Br)cc2)cn1. The highest BCUT2D eigenvalue weighted by Gasteiger charge is 2.05. The number of carbonyl (C=O) groups excluding carboxylic acids is 1. The summed E-state index contributed by atoms with van der Waals surface area (Å²) in [6, 6.07) is 7.28. The van der Waals surface area contributed by atoms with E-state index in [1.807, 2.05) is 29.9 Å². The van der Waals surface area contributed by atoms with Crippen LogP contribution in [0.5, 0.6) is 0 Å². The Morgan fingerprint density at radius 2 is 2.11 bits per heavy atom. The third-order valence-electron chi connectivity index (χ3n) is 2.57. The number of aryl methyl sites for hydroxylation is 1. The largest absolute Gasteiger partial charge is 0.348 e. The van der Waals surface area contributed by atoms with Crippen LogP contribution in [0.15, 0.2) is 41.1 Å². The van der Waals surface area contributed by atoms with Crippen molar-refractivity contribution in [2.75, 3.05) is 0 Å². The molecule has 5 heteroatoms. The fourth-order valence-corrected chi connectivity index (χ4v) is 1.82. The van der Waals surface area contributed by atoms with Crippen molar-refractivity contribution in [1.29, 1.82) is 0 Å². The molecule has 0 aliphatic heterocycles. The Morgan fingerprint density at radius 3 is 2.72 bits per heavy atom. The molecule has 1 amide bonds. The molecule has 0 aliphatic carbocycles. The van der Waals surface area contributed by atoms with E-state index < -0.39 is 0 Å². The molecule has 0 atom stereocenters. The third-order valence-corrected chi connectivity index (χ3v) is 3.10. The van der Waals surface area contributed by atoms with Gasteiger partial charge in [0.1, 0.15) is 0 Å². The van der Waals surface area contributed by atoms with Crippen molar-refractivity contribution in [2.45, 2.75) is 20.0 Å². The van der Waals surface area contributed by atoms with Gasteiger partial charge in [0.05, 0.1) is 6.20 Å². The second kappa shape index (κ2) is 5.82. The number of benzene rings is 1. The molecule has 1 heterocycles. The zero-order valence-electron chi connectivity index (χ0n) is 10.1. The number of amides is 1. The van der Waals surface area contributed by atoms with E-state index in [0.29, 0.717) is 12.1 Å². The molecule has 0 unspecified atom stereocenters. The van der Waals surface area contributed by atoms with Gasteiger partial charge in [-0.25, -0.2) is 0 Å². The number of hydrogen-bond donors (Lipinski definition) is 1. The first kappa shape index (κ1) is 12.8. The van der Waals surface area contributed by atoms with Crippen LogP contribution in [0.2, 0.25) is 0 Å². The molecule has 18 heavy (non-hydrogen) atoms. The molecular weight excluding hydrogens is 294 g/mol. The minimum Gasteiger partial charge on any atom is -0.348 e. The Kier molecular flexibility index (Phi) is 4.15. The van der Waals surface area contributed by atoms with Crippen molar-refractivity contribution in [3.8, 4) is 0 Å². The first-order valence-electron chi connectivity index (χ1n) is 5.74. The van der Waals surface area contributed by atoms with Crippen LogP contribution in [0, 0.1) is 0 Å². The van der Waals surface area contributed by atoms with Crippen LogP contribution in [0.3, 0.4) is 0 Å². The zero-order chi connectivity index (χ0) is 13.0. The molecule has 0 saturated heterocycles. The van der Waals surface area contributed by atoms with Crippen molar-refractivity contribution in [2.24, 2.45) is 0 Å². The molecule has 1 aromatic heterocycles. The molecule has 2 rings (SSSR count). The molecular formula is C13H14BrN3O. The fourth-order valence-electron chi connectivity index (χ4n) is 1.56. The van der Waals surface area contributed by atoms with Crippen LogP contribution in [0.25, 0.3) is 0 Å². The summed E-state index contributed by atoms with van der Waals surface area (Å²) in [6.07, 6.45) is 3.70. The number of nitrogens with one attached hydrogen (secondary N) is 1. The molecule has 0 saturated carbocycles. The second-order valence-corrected chi connectivity index (χ2v) is 4.81.